The Hall–Kier alpha value is -1.62. The summed E-state index contributed by atoms with van der Waals surface area (Å²) in [4.78, 5) is 8.13. The minimum absolute atomic E-state index is 0.514. The van der Waals surface area contributed by atoms with E-state index in [1.807, 2.05) is 26.1 Å². The minimum atomic E-state index is 0.514. The number of rotatable bonds is 1. The van der Waals surface area contributed by atoms with Crippen molar-refractivity contribution in [2.45, 2.75) is 13.8 Å². The summed E-state index contributed by atoms with van der Waals surface area (Å²) in [5.74, 6) is 5.77. The number of aryl methyl sites for hydroxylation is 2. The summed E-state index contributed by atoms with van der Waals surface area (Å²) in [6.07, 6.45) is 1.82. The van der Waals surface area contributed by atoms with E-state index in [0.29, 0.717) is 5.96 Å². The van der Waals surface area contributed by atoms with Crippen LogP contribution in [0.25, 0.3) is 0 Å². The number of nitrogens with one attached hydrogen (secondary N) is 2. The van der Waals surface area contributed by atoms with Crippen LogP contribution in [0.5, 0.6) is 0 Å². The maximum absolute atomic E-state index is 5.26. The van der Waals surface area contributed by atoms with Gasteiger partial charge in [0.2, 0.25) is 5.96 Å². The molecule has 1 aromatic heterocycles. The molecule has 14 heavy (non-hydrogen) atoms. The highest BCUT2D eigenvalue weighted by Crippen LogP contribution is 2.12. The molecule has 0 atom stereocenters. The molecule has 5 heteroatoms. The summed E-state index contributed by atoms with van der Waals surface area (Å²) >= 11 is 0. The van der Waals surface area contributed by atoms with Crippen molar-refractivity contribution >= 4 is 11.6 Å². The monoisotopic (exact) mass is 193 g/mol. The first-order valence-electron chi connectivity index (χ1n) is 4.31. The highest BCUT2D eigenvalue weighted by molar-refractivity contribution is 5.93. The number of nitrogens with zero attached hydrogens (tertiary/aromatic N) is 2. The van der Waals surface area contributed by atoms with E-state index in [1.54, 1.807) is 7.05 Å². The average Bonchev–Trinajstić information content (AvgIpc) is 2.19. The molecule has 0 aromatic carbocycles. The van der Waals surface area contributed by atoms with Crippen LogP contribution in [0.15, 0.2) is 17.3 Å². The SMILES string of the molecule is CN=C(NN)Nc1cc(C)cnc1C. The van der Waals surface area contributed by atoms with E-state index in [2.05, 4.69) is 20.7 Å². The third kappa shape index (κ3) is 2.43. The number of nitrogens with two attached hydrogens (primary N) is 1. The highest BCUT2D eigenvalue weighted by Gasteiger charge is 2.01. The van der Waals surface area contributed by atoms with Gasteiger partial charge in [0.05, 0.1) is 11.4 Å². The van der Waals surface area contributed by atoms with Gasteiger partial charge in [-0.25, -0.2) is 5.84 Å². The van der Waals surface area contributed by atoms with E-state index in [4.69, 9.17) is 5.84 Å². The molecular formula is C9H15N5. The lowest BCUT2D eigenvalue weighted by Gasteiger charge is -2.10. The number of hydrogen-bond donors (Lipinski definition) is 3. The van der Waals surface area contributed by atoms with Gasteiger partial charge in [-0.3, -0.25) is 15.4 Å². The summed E-state index contributed by atoms with van der Waals surface area (Å²) in [6, 6.07) is 1.99. The number of hydrazine groups is 1. The smallest absolute Gasteiger partial charge is 0.210 e. The number of hydrogen-bond acceptors (Lipinski definition) is 3. The van der Waals surface area contributed by atoms with E-state index in [-0.39, 0.29) is 0 Å². The molecule has 0 unspecified atom stereocenters. The molecule has 0 aliphatic heterocycles. The maximum Gasteiger partial charge on any atom is 0.210 e. The fraction of sp³-hybridized carbons (Fsp3) is 0.333. The first-order valence-corrected chi connectivity index (χ1v) is 4.31. The van der Waals surface area contributed by atoms with Crippen LogP contribution >= 0.6 is 0 Å². The predicted octanol–water partition coefficient (Wildman–Crippen LogP) is 0.559. The average molecular weight is 193 g/mol. The summed E-state index contributed by atoms with van der Waals surface area (Å²) in [6.45, 7) is 3.90. The van der Waals surface area contributed by atoms with Crippen LogP contribution < -0.4 is 16.6 Å². The Morgan fingerprint density at radius 1 is 1.50 bits per heavy atom. The zero-order valence-corrected chi connectivity index (χ0v) is 8.63. The molecular weight excluding hydrogens is 178 g/mol. The van der Waals surface area contributed by atoms with Crippen molar-refractivity contribution < 1.29 is 0 Å². The van der Waals surface area contributed by atoms with Gasteiger partial charge >= 0.3 is 0 Å². The van der Waals surface area contributed by atoms with Crippen LogP contribution in [0.2, 0.25) is 0 Å². The molecule has 1 heterocycles. The molecule has 0 aliphatic carbocycles. The zero-order valence-electron chi connectivity index (χ0n) is 8.63. The normalized spacial score (nSPS) is 11.3. The van der Waals surface area contributed by atoms with Crippen molar-refractivity contribution in [1.82, 2.24) is 10.4 Å². The predicted molar refractivity (Wildman–Crippen MR) is 58.0 cm³/mol. The lowest BCUT2D eigenvalue weighted by molar-refractivity contribution is 1.01. The molecule has 0 amide bonds. The van der Waals surface area contributed by atoms with Crippen molar-refractivity contribution in [3.8, 4) is 0 Å². The number of aromatic nitrogens is 1. The third-order valence-corrected chi connectivity index (χ3v) is 1.84. The molecule has 0 radical (unpaired) electrons. The standard InChI is InChI=1S/C9H15N5/c1-6-4-8(7(2)12-5-6)13-9(11-3)14-10/h4-5H,10H2,1-3H3,(H2,11,13,14). The molecule has 1 aromatic rings. The molecule has 1 rings (SSSR count). The maximum atomic E-state index is 5.26. The lowest BCUT2D eigenvalue weighted by Crippen LogP contribution is -2.36. The molecule has 0 aliphatic rings. The first kappa shape index (κ1) is 10.5. The van der Waals surface area contributed by atoms with Gasteiger partial charge in [-0.15, -0.1) is 0 Å². The molecule has 0 bridgehead atoms. The largest absolute Gasteiger partial charge is 0.324 e. The van der Waals surface area contributed by atoms with Crippen LogP contribution in [-0.4, -0.2) is 18.0 Å². The van der Waals surface area contributed by atoms with Gasteiger partial charge in [-0.1, -0.05) is 0 Å². The summed E-state index contributed by atoms with van der Waals surface area (Å²) < 4.78 is 0. The van der Waals surface area contributed by atoms with Crippen molar-refractivity contribution in [3.63, 3.8) is 0 Å². The van der Waals surface area contributed by atoms with E-state index in [9.17, 15) is 0 Å². The fourth-order valence-electron chi connectivity index (χ4n) is 1.05. The van der Waals surface area contributed by atoms with Crippen molar-refractivity contribution in [2.75, 3.05) is 12.4 Å². The molecule has 0 saturated heterocycles. The Morgan fingerprint density at radius 3 is 2.79 bits per heavy atom. The second-order valence-electron chi connectivity index (χ2n) is 2.99. The second-order valence-corrected chi connectivity index (χ2v) is 2.99. The Labute approximate surface area is 83.4 Å². The van der Waals surface area contributed by atoms with E-state index in [1.165, 1.54) is 0 Å². The van der Waals surface area contributed by atoms with Crippen LogP contribution in [0, 0.1) is 13.8 Å². The van der Waals surface area contributed by atoms with Gasteiger partial charge in [0.25, 0.3) is 0 Å². The van der Waals surface area contributed by atoms with Crippen molar-refractivity contribution in [3.05, 3.63) is 23.5 Å². The van der Waals surface area contributed by atoms with Gasteiger partial charge in [-0.2, -0.15) is 0 Å². The molecule has 0 fully saturated rings. The zero-order chi connectivity index (χ0) is 10.6. The molecule has 5 nitrogen and oxygen atoms in total. The van der Waals surface area contributed by atoms with Gasteiger partial charge < -0.3 is 5.32 Å². The molecule has 0 spiro atoms. The summed E-state index contributed by atoms with van der Waals surface area (Å²) in [5, 5.41) is 3.04. The lowest BCUT2D eigenvalue weighted by atomic mass is 10.2. The number of guanidine groups is 1. The van der Waals surface area contributed by atoms with E-state index >= 15 is 0 Å². The molecule has 4 N–H and O–H groups in total. The Balaban J connectivity index is 2.90. The second kappa shape index (κ2) is 4.57. The number of pyridine rings is 1. The quantitative estimate of drug-likeness (QED) is 0.264. The third-order valence-electron chi connectivity index (χ3n) is 1.84. The van der Waals surface area contributed by atoms with Crippen LogP contribution in [0.4, 0.5) is 5.69 Å². The van der Waals surface area contributed by atoms with Crippen molar-refractivity contribution in [2.24, 2.45) is 10.8 Å². The summed E-state index contributed by atoms with van der Waals surface area (Å²) in [5.41, 5.74) is 5.36. The van der Waals surface area contributed by atoms with E-state index < -0.39 is 0 Å². The molecule has 0 saturated carbocycles. The van der Waals surface area contributed by atoms with Crippen LogP contribution in [0.1, 0.15) is 11.3 Å². The van der Waals surface area contributed by atoms with Gasteiger partial charge in [0.1, 0.15) is 0 Å². The first-order chi connectivity index (χ1) is 6.67. The Kier molecular flexibility index (Phi) is 3.41. The number of aliphatic imine (C=N–C) groups is 1. The van der Waals surface area contributed by atoms with Crippen LogP contribution in [-0.2, 0) is 0 Å². The molecule has 76 valence electrons. The Morgan fingerprint density at radius 2 is 2.21 bits per heavy atom. The number of anilines is 1. The van der Waals surface area contributed by atoms with Gasteiger partial charge in [0.15, 0.2) is 0 Å². The summed E-state index contributed by atoms with van der Waals surface area (Å²) in [7, 11) is 1.65. The topological polar surface area (TPSA) is 75.3 Å². The minimum Gasteiger partial charge on any atom is -0.324 e. The van der Waals surface area contributed by atoms with Crippen LogP contribution in [0.3, 0.4) is 0 Å². The van der Waals surface area contributed by atoms with E-state index in [0.717, 1.165) is 16.9 Å². The van der Waals surface area contributed by atoms with Gasteiger partial charge in [-0.05, 0) is 25.5 Å². The fourth-order valence-corrected chi connectivity index (χ4v) is 1.05. The Bertz CT molecular complexity index is 345. The van der Waals surface area contributed by atoms with Crippen molar-refractivity contribution in [1.29, 1.82) is 0 Å². The highest BCUT2D eigenvalue weighted by atomic mass is 15.3. The van der Waals surface area contributed by atoms with Gasteiger partial charge in [0, 0.05) is 13.2 Å².